The van der Waals surface area contributed by atoms with Crippen molar-refractivity contribution in [2.24, 2.45) is 5.18 Å². The largest absolute Gasteiger partial charge is 0.497 e. The highest BCUT2D eigenvalue weighted by Gasteiger charge is 2.23. The van der Waals surface area contributed by atoms with E-state index in [0.717, 1.165) is 5.56 Å². The number of aromatic nitrogens is 1. The summed E-state index contributed by atoms with van der Waals surface area (Å²) in [7, 11) is 3.08. The monoisotopic (exact) mass is 521 g/mol. The minimum absolute atomic E-state index is 0.00860. The van der Waals surface area contributed by atoms with Crippen LogP contribution in [-0.2, 0) is 24.4 Å². The molecule has 11 heteroatoms. The molecule has 3 aromatic carbocycles. The standard InChI is InChI=1S/C27H24FN3O7/c1-35-20-5-15(6-21(10-20)36-2)11-29-26(32)16-3-4-22-23(9-16)31(27(33)24(22)30-34)12-17-7-19(28)8-18-13-37-14-38-25(17)18/h3-10,33H,11-14H2,1-2H3,(H,29,32). The van der Waals surface area contributed by atoms with E-state index in [9.17, 15) is 19.2 Å². The average molecular weight is 522 g/mol. The van der Waals surface area contributed by atoms with E-state index < -0.39 is 11.7 Å². The number of nitroso groups, excluding NO2 is 1. The minimum atomic E-state index is -0.494. The Morgan fingerprint density at radius 2 is 1.89 bits per heavy atom. The van der Waals surface area contributed by atoms with Crippen LogP contribution in [0.1, 0.15) is 27.0 Å². The first-order valence-corrected chi connectivity index (χ1v) is 11.6. The van der Waals surface area contributed by atoms with E-state index in [0.29, 0.717) is 39.3 Å². The quantitative estimate of drug-likeness (QED) is 0.321. The van der Waals surface area contributed by atoms with Crippen LogP contribution in [0.5, 0.6) is 23.1 Å². The summed E-state index contributed by atoms with van der Waals surface area (Å²) in [6, 6.07) is 12.5. The van der Waals surface area contributed by atoms with Crippen LogP contribution in [0.2, 0.25) is 0 Å². The first-order chi connectivity index (χ1) is 18.4. The van der Waals surface area contributed by atoms with Gasteiger partial charge < -0.3 is 33.9 Å². The lowest BCUT2D eigenvalue weighted by Gasteiger charge is -2.21. The lowest BCUT2D eigenvalue weighted by molar-refractivity contribution is -0.0173. The highest BCUT2D eigenvalue weighted by atomic mass is 19.1. The zero-order chi connectivity index (χ0) is 26.8. The SMILES string of the molecule is COc1cc(CNC(=O)c2ccc3c(N=O)c(O)n(Cc4cc(F)cc5c4OCOC5)c3c2)cc(OC)c1. The number of ether oxygens (including phenoxy) is 4. The van der Waals surface area contributed by atoms with Crippen LogP contribution in [0.15, 0.2) is 53.7 Å². The molecule has 10 nitrogen and oxygen atoms in total. The fourth-order valence-corrected chi connectivity index (χ4v) is 4.51. The number of hydrogen-bond donors (Lipinski definition) is 2. The molecule has 38 heavy (non-hydrogen) atoms. The molecule has 0 saturated carbocycles. The third kappa shape index (κ3) is 4.71. The van der Waals surface area contributed by atoms with E-state index in [-0.39, 0.29) is 43.6 Å². The van der Waals surface area contributed by atoms with Crippen LogP contribution >= 0.6 is 0 Å². The molecule has 2 heterocycles. The molecule has 1 aromatic heterocycles. The predicted octanol–water partition coefficient (Wildman–Crippen LogP) is 4.75. The number of nitrogens with zero attached hydrogens (tertiary/aromatic N) is 2. The van der Waals surface area contributed by atoms with Gasteiger partial charge in [-0.2, -0.15) is 0 Å². The summed E-state index contributed by atoms with van der Waals surface area (Å²) in [6.45, 7) is 0.358. The van der Waals surface area contributed by atoms with Crippen LogP contribution in [0.25, 0.3) is 10.9 Å². The van der Waals surface area contributed by atoms with Gasteiger partial charge in [-0.15, -0.1) is 4.91 Å². The van der Waals surface area contributed by atoms with Gasteiger partial charge in [-0.25, -0.2) is 4.39 Å². The molecule has 4 aromatic rings. The first kappa shape index (κ1) is 25.0. The average Bonchev–Trinajstić information content (AvgIpc) is 3.20. The van der Waals surface area contributed by atoms with Gasteiger partial charge in [0.1, 0.15) is 23.1 Å². The van der Waals surface area contributed by atoms with E-state index in [1.165, 1.54) is 28.8 Å². The van der Waals surface area contributed by atoms with Gasteiger partial charge in [-0.3, -0.25) is 4.79 Å². The summed E-state index contributed by atoms with van der Waals surface area (Å²) in [4.78, 5) is 24.6. The molecule has 0 bridgehead atoms. The lowest BCUT2D eigenvalue weighted by Crippen LogP contribution is -2.22. The van der Waals surface area contributed by atoms with E-state index in [2.05, 4.69) is 10.5 Å². The van der Waals surface area contributed by atoms with Crippen molar-refractivity contribution in [1.82, 2.24) is 9.88 Å². The molecule has 5 rings (SSSR count). The maximum atomic E-state index is 14.3. The number of benzene rings is 3. The zero-order valence-electron chi connectivity index (χ0n) is 20.6. The number of fused-ring (bicyclic) bond motifs is 2. The predicted molar refractivity (Wildman–Crippen MR) is 136 cm³/mol. The third-order valence-corrected chi connectivity index (χ3v) is 6.31. The van der Waals surface area contributed by atoms with Crippen LogP contribution in [0.3, 0.4) is 0 Å². The van der Waals surface area contributed by atoms with Crippen molar-refractivity contribution in [1.29, 1.82) is 0 Å². The lowest BCUT2D eigenvalue weighted by atomic mass is 10.1. The van der Waals surface area contributed by atoms with Gasteiger partial charge in [-0.05, 0) is 53.2 Å². The third-order valence-electron chi connectivity index (χ3n) is 6.31. The maximum absolute atomic E-state index is 14.3. The minimum Gasteiger partial charge on any atom is -0.497 e. The van der Waals surface area contributed by atoms with Gasteiger partial charge >= 0.3 is 0 Å². The Morgan fingerprint density at radius 3 is 2.61 bits per heavy atom. The molecule has 0 atom stereocenters. The fourth-order valence-electron chi connectivity index (χ4n) is 4.51. The van der Waals surface area contributed by atoms with Crippen molar-refractivity contribution < 1.29 is 33.2 Å². The summed E-state index contributed by atoms with van der Waals surface area (Å²) in [5, 5.41) is 17.0. The molecule has 0 radical (unpaired) electrons. The Labute approximate surface area is 216 Å². The molecule has 0 saturated heterocycles. The Balaban J connectivity index is 1.47. The molecular weight excluding hydrogens is 497 g/mol. The van der Waals surface area contributed by atoms with E-state index in [1.807, 2.05) is 0 Å². The molecule has 0 spiro atoms. The molecule has 1 aliphatic rings. The van der Waals surface area contributed by atoms with E-state index in [1.54, 1.807) is 38.5 Å². The Hall–Kier alpha value is -4.64. The smallest absolute Gasteiger partial charge is 0.251 e. The Bertz CT molecular complexity index is 1530. The second kappa shape index (κ2) is 10.4. The van der Waals surface area contributed by atoms with Gasteiger partial charge in [0.2, 0.25) is 5.88 Å². The molecule has 0 unspecified atom stereocenters. The zero-order valence-corrected chi connectivity index (χ0v) is 20.6. The summed E-state index contributed by atoms with van der Waals surface area (Å²) in [5.41, 5.74) is 2.22. The van der Waals surface area contributed by atoms with Gasteiger partial charge in [0.25, 0.3) is 5.91 Å². The van der Waals surface area contributed by atoms with Crippen LogP contribution < -0.4 is 19.5 Å². The summed E-state index contributed by atoms with van der Waals surface area (Å²) >= 11 is 0. The van der Waals surface area contributed by atoms with E-state index in [4.69, 9.17) is 18.9 Å². The van der Waals surface area contributed by atoms with Crippen molar-refractivity contribution in [2.45, 2.75) is 19.7 Å². The molecule has 1 aliphatic heterocycles. The summed E-state index contributed by atoms with van der Waals surface area (Å²) < 4.78 is 37.1. The number of nitrogens with one attached hydrogen (secondary N) is 1. The normalized spacial score (nSPS) is 12.5. The molecule has 0 fully saturated rings. The maximum Gasteiger partial charge on any atom is 0.251 e. The molecular formula is C27H24FN3O7. The number of halogens is 1. The van der Waals surface area contributed by atoms with Gasteiger partial charge in [0.05, 0.1) is 32.9 Å². The van der Waals surface area contributed by atoms with Gasteiger partial charge in [-0.1, -0.05) is 0 Å². The number of aromatic hydroxyl groups is 1. The van der Waals surface area contributed by atoms with Crippen molar-refractivity contribution >= 4 is 22.5 Å². The van der Waals surface area contributed by atoms with Crippen molar-refractivity contribution in [2.75, 3.05) is 21.0 Å². The Morgan fingerprint density at radius 1 is 1.13 bits per heavy atom. The van der Waals surface area contributed by atoms with Crippen LogP contribution in [0, 0.1) is 10.7 Å². The van der Waals surface area contributed by atoms with Gasteiger partial charge in [0.15, 0.2) is 12.5 Å². The van der Waals surface area contributed by atoms with Gasteiger partial charge in [0, 0.05) is 34.7 Å². The number of amides is 1. The summed E-state index contributed by atoms with van der Waals surface area (Å²) in [5.74, 6) is 0.347. The Kier molecular flexibility index (Phi) is 6.84. The molecule has 0 aliphatic carbocycles. The molecule has 196 valence electrons. The fraction of sp³-hybridized carbons (Fsp3) is 0.222. The number of hydrogen-bond acceptors (Lipinski definition) is 8. The number of carbonyl (C=O) groups excluding carboxylic acids is 1. The van der Waals surface area contributed by atoms with Crippen molar-refractivity contribution in [3.8, 4) is 23.1 Å². The van der Waals surface area contributed by atoms with Crippen molar-refractivity contribution in [3.63, 3.8) is 0 Å². The number of methoxy groups -OCH3 is 2. The van der Waals surface area contributed by atoms with Crippen molar-refractivity contribution in [3.05, 3.63) is 81.5 Å². The highest BCUT2D eigenvalue weighted by Crippen LogP contribution is 2.40. The first-order valence-electron chi connectivity index (χ1n) is 11.6. The highest BCUT2D eigenvalue weighted by molar-refractivity contribution is 6.02. The second-order valence-electron chi connectivity index (χ2n) is 8.65. The van der Waals surface area contributed by atoms with E-state index >= 15 is 0 Å². The van der Waals surface area contributed by atoms with Crippen LogP contribution in [-0.4, -0.2) is 36.6 Å². The second-order valence-corrected chi connectivity index (χ2v) is 8.65. The molecule has 1 amide bonds. The molecule has 2 N–H and O–H groups in total. The number of rotatable bonds is 8. The summed E-state index contributed by atoms with van der Waals surface area (Å²) in [6.07, 6.45) is 0. The topological polar surface area (TPSA) is 121 Å². The number of carbonyl (C=O) groups is 1. The van der Waals surface area contributed by atoms with Crippen LogP contribution in [0.4, 0.5) is 10.1 Å².